The van der Waals surface area contributed by atoms with Crippen molar-refractivity contribution in [3.8, 4) is 22.4 Å². The molecule has 7 heteroatoms. The quantitative estimate of drug-likeness (QED) is 0.359. The first kappa shape index (κ1) is 21.8. The van der Waals surface area contributed by atoms with Gasteiger partial charge in [0.15, 0.2) is 5.82 Å². The SMILES string of the molecule is Cc1cc(-c2cnc3cc(-c4ccc(C5COC(C)CN5)cc4)ccn23)c2cc(F)cc(F)c2n1. The van der Waals surface area contributed by atoms with Crippen LogP contribution in [0.5, 0.6) is 0 Å². The lowest BCUT2D eigenvalue weighted by Gasteiger charge is -2.28. The fourth-order valence-corrected chi connectivity index (χ4v) is 4.76. The molecule has 6 rings (SSSR count). The number of nitrogens with one attached hydrogen (secondary N) is 1. The summed E-state index contributed by atoms with van der Waals surface area (Å²) in [6, 6.07) is 16.7. The molecular weight excluding hydrogens is 446 g/mol. The van der Waals surface area contributed by atoms with E-state index < -0.39 is 11.6 Å². The lowest BCUT2D eigenvalue weighted by molar-refractivity contribution is 0.0149. The second-order valence-electron chi connectivity index (χ2n) is 9.11. The molecule has 5 nitrogen and oxygen atoms in total. The van der Waals surface area contributed by atoms with Crippen molar-refractivity contribution in [1.82, 2.24) is 19.7 Å². The molecule has 0 radical (unpaired) electrons. The number of hydrogen-bond donors (Lipinski definition) is 1. The first-order valence-corrected chi connectivity index (χ1v) is 11.7. The maximum Gasteiger partial charge on any atom is 0.152 e. The molecule has 2 unspecified atom stereocenters. The Morgan fingerprint density at radius 1 is 1.03 bits per heavy atom. The highest BCUT2D eigenvalue weighted by Crippen LogP contribution is 2.32. The summed E-state index contributed by atoms with van der Waals surface area (Å²) in [5.41, 5.74) is 6.31. The van der Waals surface area contributed by atoms with Crippen LogP contribution in [0.4, 0.5) is 8.78 Å². The monoisotopic (exact) mass is 470 g/mol. The van der Waals surface area contributed by atoms with Crippen LogP contribution in [0.2, 0.25) is 0 Å². The zero-order valence-corrected chi connectivity index (χ0v) is 19.4. The number of aryl methyl sites for hydroxylation is 1. The zero-order valence-electron chi connectivity index (χ0n) is 19.4. The molecule has 1 N–H and O–H groups in total. The number of halogens is 2. The van der Waals surface area contributed by atoms with Gasteiger partial charge in [-0.15, -0.1) is 0 Å². The molecule has 176 valence electrons. The molecule has 2 atom stereocenters. The highest BCUT2D eigenvalue weighted by atomic mass is 19.1. The summed E-state index contributed by atoms with van der Waals surface area (Å²) in [6.07, 6.45) is 3.91. The number of benzene rings is 2. The number of nitrogens with zero attached hydrogens (tertiary/aromatic N) is 3. The van der Waals surface area contributed by atoms with E-state index in [2.05, 4.69) is 46.5 Å². The van der Waals surface area contributed by atoms with Gasteiger partial charge < -0.3 is 10.1 Å². The predicted octanol–water partition coefficient (Wildman–Crippen LogP) is 5.85. The molecule has 0 aliphatic carbocycles. The van der Waals surface area contributed by atoms with Gasteiger partial charge in [0.2, 0.25) is 0 Å². The molecule has 1 fully saturated rings. The van der Waals surface area contributed by atoms with Crippen LogP contribution in [0.15, 0.2) is 67.0 Å². The van der Waals surface area contributed by atoms with Crippen LogP contribution in [0.1, 0.15) is 24.2 Å². The molecule has 5 aromatic rings. The van der Waals surface area contributed by atoms with Gasteiger partial charge >= 0.3 is 0 Å². The van der Waals surface area contributed by atoms with E-state index in [-0.39, 0.29) is 17.7 Å². The average Bonchev–Trinajstić information content (AvgIpc) is 3.28. The molecule has 0 spiro atoms. The molecule has 1 aliphatic heterocycles. The maximum atomic E-state index is 14.4. The Kier molecular flexibility index (Phi) is 5.31. The standard InChI is InChI=1S/C28H24F2N4O/c1-16-9-22(23-11-21(29)12-24(30)28(23)33-16)26-14-32-27-10-20(7-8-34(26)27)18-3-5-19(6-4-18)25-15-35-17(2)13-31-25/h3-12,14,17,25,31H,13,15H2,1-2H3. The van der Waals surface area contributed by atoms with E-state index in [1.807, 2.05) is 28.8 Å². The van der Waals surface area contributed by atoms with Crippen molar-refractivity contribution in [2.45, 2.75) is 26.0 Å². The summed E-state index contributed by atoms with van der Waals surface area (Å²) in [5.74, 6) is -1.31. The lowest BCUT2D eigenvalue weighted by Crippen LogP contribution is -2.39. The van der Waals surface area contributed by atoms with Gasteiger partial charge in [-0.1, -0.05) is 24.3 Å². The lowest BCUT2D eigenvalue weighted by atomic mass is 10.0. The highest BCUT2D eigenvalue weighted by molar-refractivity contribution is 5.94. The Morgan fingerprint density at radius 2 is 1.86 bits per heavy atom. The van der Waals surface area contributed by atoms with Gasteiger partial charge in [0, 0.05) is 35.5 Å². The van der Waals surface area contributed by atoms with E-state index in [0.29, 0.717) is 23.3 Å². The normalized spacial score (nSPS) is 18.4. The van der Waals surface area contributed by atoms with Crippen LogP contribution in [0.25, 0.3) is 38.9 Å². The molecule has 0 bridgehead atoms. The van der Waals surface area contributed by atoms with Crippen LogP contribution in [0.3, 0.4) is 0 Å². The topological polar surface area (TPSA) is 51.5 Å². The van der Waals surface area contributed by atoms with E-state index in [1.54, 1.807) is 13.1 Å². The van der Waals surface area contributed by atoms with Gasteiger partial charge in [-0.3, -0.25) is 4.40 Å². The van der Waals surface area contributed by atoms with E-state index in [1.165, 1.54) is 11.6 Å². The van der Waals surface area contributed by atoms with Crippen LogP contribution < -0.4 is 5.32 Å². The molecule has 0 saturated carbocycles. The Morgan fingerprint density at radius 3 is 2.63 bits per heavy atom. The summed E-state index contributed by atoms with van der Waals surface area (Å²) >= 11 is 0. The second-order valence-corrected chi connectivity index (χ2v) is 9.11. The van der Waals surface area contributed by atoms with Crippen molar-refractivity contribution in [2.75, 3.05) is 13.2 Å². The van der Waals surface area contributed by atoms with Crippen LogP contribution in [-0.4, -0.2) is 33.6 Å². The molecule has 3 aromatic heterocycles. The molecule has 2 aromatic carbocycles. The largest absolute Gasteiger partial charge is 0.375 e. The van der Waals surface area contributed by atoms with Crippen molar-refractivity contribution in [1.29, 1.82) is 0 Å². The Labute approximate surface area is 201 Å². The zero-order chi connectivity index (χ0) is 24.1. The molecule has 4 heterocycles. The van der Waals surface area contributed by atoms with E-state index in [9.17, 15) is 8.78 Å². The minimum absolute atomic E-state index is 0.153. The third kappa shape index (κ3) is 3.96. The number of rotatable bonds is 3. The van der Waals surface area contributed by atoms with Crippen molar-refractivity contribution in [3.63, 3.8) is 0 Å². The van der Waals surface area contributed by atoms with Crippen LogP contribution >= 0.6 is 0 Å². The predicted molar refractivity (Wildman–Crippen MR) is 132 cm³/mol. The van der Waals surface area contributed by atoms with Gasteiger partial charge in [-0.25, -0.2) is 18.7 Å². The van der Waals surface area contributed by atoms with Gasteiger partial charge in [-0.05, 0) is 54.8 Å². The van der Waals surface area contributed by atoms with Crippen molar-refractivity contribution < 1.29 is 13.5 Å². The number of fused-ring (bicyclic) bond motifs is 2. The minimum Gasteiger partial charge on any atom is -0.375 e. The van der Waals surface area contributed by atoms with E-state index >= 15 is 0 Å². The van der Waals surface area contributed by atoms with Gasteiger partial charge in [0.1, 0.15) is 17.0 Å². The van der Waals surface area contributed by atoms with Crippen LogP contribution in [0, 0.1) is 18.6 Å². The maximum absolute atomic E-state index is 14.4. The minimum atomic E-state index is -0.672. The molecule has 1 saturated heterocycles. The molecule has 1 aliphatic rings. The average molecular weight is 471 g/mol. The van der Waals surface area contributed by atoms with Crippen LogP contribution in [-0.2, 0) is 4.74 Å². The fraction of sp³-hybridized carbons (Fsp3) is 0.214. The van der Waals surface area contributed by atoms with Crippen molar-refractivity contribution in [2.24, 2.45) is 0 Å². The van der Waals surface area contributed by atoms with Gasteiger partial charge in [0.05, 0.1) is 30.6 Å². The number of aromatic nitrogens is 3. The number of morpholine rings is 1. The van der Waals surface area contributed by atoms with Gasteiger partial charge in [-0.2, -0.15) is 0 Å². The summed E-state index contributed by atoms with van der Waals surface area (Å²) in [7, 11) is 0. The van der Waals surface area contributed by atoms with E-state index in [4.69, 9.17) is 4.74 Å². The fourth-order valence-electron chi connectivity index (χ4n) is 4.76. The first-order valence-electron chi connectivity index (χ1n) is 11.7. The number of pyridine rings is 2. The summed E-state index contributed by atoms with van der Waals surface area (Å²) in [4.78, 5) is 8.87. The second kappa shape index (κ2) is 8.52. The Balaban J connectivity index is 1.36. The molecule has 0 amide bonds. The molecule has 35 heavy (non-hydrogen) atoms. The summed E-state index contributed by atoms with van der Waals surface area (Å²) in [6.45, 7) is 5.38. The smallest absolute Gasteiger partial charge is 0.152 e. The van der Waals surface area contributed by atoms with E-state index in [0.717, 1.165) is 35.1 Å². The third-order valence-electron chi connectivity index (χ3n) is 6.59. The third-order valence-corrected chi connectivity index (χ3v) is 6.59. The number of hydrogen-bond acceptors (Lipinski definition) is 4. The first-order chi connectivity index (χ1) is 17.0. The Hall–Kier alpha value is -3.68. The van der Waals surface area contributed by atoms with Gasteiger partial charge in [0.25, 0.3) is 0 Å². The molecular formula is C28H24F2N4O. The summed E-state index contributed by atoms with van der Waals surface area (Å²) in [5, 5.41) is 3.94. The van der Waals surface area contributed by atoms with Crippen molar-refractivity contribution >= 4 is 16.6 Å². The number of ether oxygens (including phenoxy) is 1. The highest BCUT2D eigenvalue weighted by Gasteiger charge is 2.19. The van der Waals surface area contributed by atoms with Crippen molar-refractivity contribution in [3.05, 3.63) is 89.9 Å². The Bertz CT molecular complexity index is 1550. The number of imidazole rings is 1. The summed E-state index contributed by atoms with van der Waals surface area (Å²) < 4.78 is 36.2.